The first kappa shape index (κ1) is 17.1. The van der Waals surface area contributed by atoms with E-state index in [4.69, 9.17) is 9.47 Å². The zero-order chi connectivity index (χ0) is 18.6. The van der Waals surface area contributed by atoms with Crippen LogP contribution in [-0.2, 0) is 17.8 Å². The molecule has 4 rings (SSSR count). The third kappa shape index (κ3) is 3.62. The van der Waals surface area contributed by atoms with Crippen LogP contribution in [0.3, 0.4) is 0 Å². The Bertz CT molecular complexity index is 939. The summed E-state index contributed by atoms with van der Waals surface area (Å²) >= 11 is 0. The standard InChI is InChI=1S/C20H20N4O3/c1-26-16-9-5-8-14-10-15(12-27-18(14)16)20(25)21-11-17-22-19(24-23-17)13-6-3-2-4-7-13/h2-9,15H,10-12H2,1H3,(H,21,25)(H,22,23,24)/t15-/m1/s1. The van der Waals surface area contributed by atoms with Gasteiger partial charge in [-0.1, -0.05) is 42.5 Å². The van der Waals surface area contributed by atoms with Gasteiger partial charge in [0, 0.05) is 5.56 Å². The first-order chi connectivity index (χ1) is 13.2. The third-order valence-corrected chi connectivity index (χ3v) is 4.54. The van der Waals surface area contributed by atoms with Gasteiger partial charge in [0.1, 0.15) is 12.4 Å². The highest BCUT2D eigenvalue weighted by Gasteiger charge is 2.27. The molecule has 1 atom stereocenters. The molecule has 138 valence electrons. The van der Waals surface area contributed by atoms with E-state index in [1.54, 1.807) is 7.11 Å². The molecule has 27 heavy (non-hydrogen) atoms. The van der Waals surface area contributed by atoms with Gasteiger partial charge in [0.05, 0.1) is 19.6 Å². The van der Waals surface area contributed by atoms with Gasteiger partial charge in [-0.3, -0.25) is 9.89 Å². The summed E-state index contributed by atoms with van der Waals surface area (Å²) in [4.78, 5) is 17.0. The second kappa shape index (κ2) is 7.49. The minimum absolute atomic E-state index is 0.0684. The van der Waals surface area contributed by atoms with E-state index in [-0.39, 0.29) is 11.8 Å². The summed E-state index contributed by atoms with van der Waals surface area (Å²) in [6, 6.07) is 15.4. The zero-order valence-electron chi connectivity index (χ0n) is 14.9. The van der Waals surface area contributed by atoms with Crippen LogP contribution >= 0.6 is 0 Å². The van der Waals surface area contributed by atoms with Gasteiger partial charge >= 0.3 is 0 Å². The lowest BCUT2D eigenvalue weighted by Crippen LogP contribution is -2.37. The number of nitrogens with one attached hydrogen (secondary N) is 2. The van der Waals surface area contributed by atoms with Crippen LogP contribution in [0.4, 0.5) is 0 Å². The number of H-pyrrole nitrogens is 1. The predicted octanol–water partition coefficient (Wildman–Crippen LogP) is 2.35. The SMILES string of the molecule is COc1cccc2c1OC[C@H](C(=O)NCc1nc(-c3ccccc3)n[nH]1)C2. The van der Waals surface area contributed by atoms with Crippen molar-refractivity contribution in [3.8, 4) is 22.9 Å². The number of hydrogen-bond donors (Lipinski definition) is 2. The lowest BCUT2D eigenvalue weighted by Gasteiger charge is -2.25. The monoisotopic (exact) mass is 364 g/mol. The fourth-order valence-corrected chi connectivity index (χ4v) is 3.13. The number of para-hydroxylation sites is 1. The van der Waals surface area contributed by atoms with Crippen molar-refractivity contribution in [1.82, 2.24) is 20.5 Å². The second-order valence-electron chi connectivity index (χ2n) is 6.35. The van der Waals surface area contributed by atoms with E-state index in [0.717, 1.165) is 16.9 Å². The van der Waals surface area contributed by atoms with Crippen molar-refractivity contribution in [1.29, 1.82) is 0 Å². The van der Waals surface area contributed by atoms with Crippen molar-refractivity contribution in [2.75, 3.05) is 13.7 Å². The molecule has 2 heterocycles. The Kier molecular flexibility index (Phi) is 4.74. The first-order valence-corrected chi connectivity index (χ1v) is 8.77. The molecule has 3 aromatic rings. The number of benzene rings is 2. The van der Waals surface area contributed by atoms with Crippen LogP contribution < -0.4 is 14.8 Å². The maximum Gasteiger partial charge on any atom is 0.227 e. The molecule has 1 aliphatic heterocycles. The lowest BCUT2D eigenvalue weighted by molar-refractivity contribution is -0.126. The Morgan fingerprint density at radius 1 is 1.26 bits per heavy atom. The average Bonchev–Trinajstić information content (AvgIpc) is 3.21. The van der Waals surface area contributed by atoms with Crippen molar-refractivity contribution in [2.24, 2.45) is 5.92 Å². The van der Waals surface area contributed by atoms with Crippen LogP contribution in [-0.4, -0.2) is 34.8 Å². The molecule has 7 nitrogen and oxygen atoms in total. The molecule has 1 aliphatic rings. The molecule has 2 N–H and O–H groups in total. The molecule has 0 spiro atoms. The fraction of sp³-hybridized carbons (Fsp3) is 0.250. The van der Waals surface area contributed by atoms with Crippen molar-refractivity contribution in [3.05, 3.63) is 59.9 Å². The number of carbonyl (C=O) groups excluding carboxylic acids is 1. The van der Waals surface area contributed by atoms with Crippen LogP contribution in [0.25, 0.3) is 11.4 Å². The van der Waals surface area contributed by atoms with E-state index in [0.29, 0.717) is 37.0 Å². The molecule has 0 saturated carbocycles. The fourth-order valence-electron chi connectivity index (χ4n) is 3.13. The number of fused-ring (bicyclic) bond motifs is 1. The van der Waals surface area contributed by atoms with Crippen molar-refractivity contribution >= 4 is 5.91 Å². The number of aromatic amines is 1. The van der Waals surface area contributed by atoms with Crippen LogP contribution in [0.15, 0.2) is 48.5 Å². The highest BCUT2D eigenvalue weighted by molar-refractivity contribution is 5.79. The molecular weight excluding hydrogens is 344 g/mol. The van der Waals surface area contributed by atoms with E-state index in [9.17, 15) is 4.79 Å². The quantitative estimate of drug-likeness (QED) is 0.725. The minimum atomic E-state index is -0.249. The van der Waals surface area contributed by atoms with Crippen molar-refractivity contribution < 1.29 is 14.3 Å². The minimum Gasteiger partial charge on any atom is -0.493 e. The van der Waals surface area contributed by atoms with Gasteiger partial charge in [0.15, 0.2) is 17.3 Å². The number of hydrogen-bond acceptors (Lipinski definition) is 5. The molecule has 1 amide bonds. The molecule has 2 aromatic carbocycles. The highest BCUT2D eigenvalue weighted by Crippen LogP contribution is 2.36. The molecular formula is C20H20N4O3. The van der Waals surface area contributed by atoms with Crippen LogP contribution in [0.1, 0.15) is 11.4 Å². The number of ether oxygens (including phenoxy) is 2. The second-order valence-corrected chi connectivity index (χ2v) is 6.35. The molecule has 0 radical (unpaired) electrons. The molecule has 0 saturated heterocycles. The molecule has 0 bridgehead atoms. The maximum atomic E-state index is 12.5. The number of methoxy groups -OCH3 is 1. The average molecular weight is 364 g/mol. The maximum absolute atomic E-state index is 12.5. The predicted molar refractivity (Wildman–Crippen MR) is 99.3 cm³/mol. The topological polar surface area (TPSA) is 89.1 Å². The Morgan fingerprint density at radius 3 is 2.93 bits per heavy atom. The molecule has 7 heteroatoms. The zero-order valence-corrected chi connectivity index (χ0v) is 14.9. The molecule has 1 aromatic heterocycles. The summed E-state index contributed by atoms with van der Waals surface area (Å²) in [5.74, 6) is 2.33. The van der Waals surface area contributed by atoms with Gasteiger partial charge in [-0.25, -0.2) is 4.98 Å². The van der Waals surface area contributed by atoms with Gasteiger partial charge in [0.25, 0.3) is 0 Å². The third-order valence-electron chi connectivity index (χ3n) is 4.54. The normalized spacial score (nSPS) is 15.5. The highest BCUT2D eigenvalue weighted by atomic mass is 16.5. The van der Waals surface area contributed by atoms with Crippen molar-refractivity contribution in [2.45, 2.75) is 13.0 Å². The lowest BCUT2D eigenvalue weighted by atomic mass is 9.95. The Labute approximate surface area is 156 Å². The van der Waals surface area contributed by atoms with Crippen LogP contribution in [0.5, 0.6) is 11.5 Å². The van der Waals surface area contributed by atoms with Gasteiger partial charge in [-0.05, 0) is 18.1 Å². The molecule has 0 fully saturated rings. The molecule has 0 aliphatic carbocycles. The van der Waals surface area contributed by atoms with Crippen LogP contribution in [0, 0.1) is 5.92 Å². The van der Waals surface area contributed by atoms with E-state index in [1.807, 2.05) is 48.5 Å². The summed E-state index contributed by atoms with van der Waals surface area (Å²) in [6.07, 6.45) is 0.615. The van der Waals surface area contributed by atoms with Gasteiger partial charge in [-0.2, -0.15) is 5.10 Å². The number of rotatable bonds is 5. The van der Waals surface area contributed by atoms with E-state index in [2.05, 4.69) is 20.5 Å². The summed E-state index contributed by atoms with van der Waals surface area (Å²) in [5.41, 5.74) is 1.91. The number of amides is 1. The summed E-state index contributed by atoms with van der Waals surface area (Å²) < 4.78 is 11.1. The largest absolute Gasteiger partial charge is 0.493 e. The number of aromatic nitrogens is 3. The smallest absolute Gasteiger partial charge is 0.227 e. The summed E-state index contributed by atoms with van der Waals surface area (Å²) in [6.45, 7) is 0.616. The Hall–Kier alpha value is -3.35. The van der Waals surface area contributed by atoms with E-state index >= 15 is 0 Å². The summed E-state index contributed by atoms with van der Waals surface area (Å²) in [7, 11) is 1.61. The van der Waals surface area contributed by atoms with Gasteiger partial charge < -0.3 is 14.8 Å². The molecule has 0 unspecified atom stereocenters. The van der Waals surface area contributed by atoms with E-state index in [1.165, 1.54) is 0 Å². The number of carbonyl (C=O) groups is 1. The summed E-state index contributed by atoms with van der Waals surface area (Å²) in [5, 5.41) is 9.98. The van der Waals surface area contributed by atoms with E-state index < -0.39 is 0 Å². The number of nitrogens with zero attached hydrogens (tertiary/aromatic N) is 2. The van der Waals surface area contributed by atoms with Gasteiger partial charge in [0.2, 0.25) is 5.91 Å². The van der Waals surface area contributed by atoms with Gasteiger partial charge in [-0.15, -0.1) is 0 Å². The Balaban J connectivity index is 1.37. The first-order valence-electron chi connectivity index (χ1n) is 8.77. The van der Waals surface area contributed by atoms with Crippen LogP contribution in [0.2, 0.25) is 0 Å². The Morgan fingerprint density at radius 2 is 2.11 bits per heavy atom. The van der Waals surface area contributed by atoms with Crippen molar-refractivity contribution in [3.63, 3.8) is 0 Å².